The molecule has 1 aliphatic heterocycles. The Labute approximate surface area is 284 Å². The van der Waals surface area contributed by atoms with Crippen molar-refractivity contribution in [3.8, 4) is 22.9 Å². The monoisotopic (exact) mass is 700 g/mol. The van der Waals surface area contributed by atoms with E-state index in [0.29, 0.717) is 53.0 Å². The number of morpholine rings is 1. The summed E-state index contributed by atoms with van der Waals surface area (Å²) >= 11 is 6.48. The minimum Gasteiger partial charge on any atom is -0.487 e. The average Bonchev–Trinajstić information content (AvgIpc) is 3.74. The topological polar surface area (TPSA) is 164 Å². The van der Waals surface area contributed by atoms with Crippen LogP contribution in [0.5, 0.6) is 11.6 Å². The maximum absolute atomic E-state index is 11.7. The van der Waals surface area contributed by atoms with Crippen LogP contribution in [0.15, 0.2) is 43.0 Å². The van der Waals surface area contributed by atoms with Gasteiger partial charge in [-0.3, -0.25) is 9.58 Å². The summed E-state index contributed by atoms with van der Waals surface area (Å²) in [4.78, 5) is 11.8. The van der Waals surface area contributed by atoms with Crippen LogP contribution in [0.4, 0.5) is 11.6 Å². The molecule has 0 unspecified atom stereocenters. The third-order valence-corrected chi connectivity index (χ3v) is 9.83. The van der Waals surface area contributed by atoms with Crippen molar-refractivity contribution >= 4 is 33.1 Å². The Morgan fingerprint density at radius 1 is 1.12 bits per heavy atom. The number of ether oxygens (including phenoxy) is 3. The molecule has 0 amide bonds. The first kappa shape index (κ1) is 34.0. The van der Waals surface area contributed by atoms with E-state index in [0.717, 1.165) is 57.6 Å². The van der Waals surface area contributed by atoms with E-state index in [9.17, 15) is 8.42 Å². The molecule has 0 radical (unpaired) electrons. The summed E-state index contributed by atoms with van der Waals surface area (Å²) < 4.78 is 44.6. The van der Waals surface area contributed by atoms with Crippen molar-refractivity contribution in [2.45, 2.75) is 63.8 Å². The second-order valence-electron chi connectivity index (χ2n) is 12.3. The highest BCUT2D eigenvalue weighted by atomic mass is 35.5. The summed E-state index contributed by atoms with van der Waals surface area (Å²) in [5.41, 5.74) is 2.06. The fourth-order valence-corrected chi connectivity index (χ4v) is 6.91. The van der Waals surface area contributed by atoms with Crippen molar-refractivity contribution < 1.29 is 22.6 Å². The van der Waals surface area contributed by atoms with Gasteiger partial charge in [0.1, 0.15) is 33.7 Å². The molecule has 1 aromatic carbocycles. The Kier molecular flexibility index (Phi) is 11.0. The molecular formula is C31H41ClN10O5S. The Morgan fingerprint density at radius 3 is 2.67 bits per heavy atom. The molecule has 15 nitrogen and oxygen atoms in total. The highest BCUT2D eigenvalue weighted by Crippen LogP contribution is 2.35. The molecule has 6 rings (SSSR count). The number of rotatable bonds is 14. The largest absolute Gasteiger partial charge is 0.487 e. The van der Waals surface area contributed by atoms with Gasteiger partial charge in [0.25, 0.3) is 5.88 Å². The van der Waals surface area contributed by atoms with Gasteiger partial charge in [0.2, 0.25) is 5.95 Å². The van der Waals surface area contributed by atoms with Crippen molar-refractivity contribution in [2.75, 3.05) is 50.2 Å². The molecule has 2 fully saturated rings. The molecule has 48 heavy (non-hydrogen) atoms. The van der Waals surface area contributed by atoms with E-state index >= 15 is 0 Å². The van der Waals surface area contributed by atoms with E-state index in [1.54, 1.807) is 16.9 Å². The molecule has 0 spiro atoms. The summed E-state index contributed by atoms with van der Waals surface area (Å²) in [5.74, 6) is 1.29. The van der Waals surface area contributed by atoms with Crippen LogP contribution in [0.2, 0.25) is 5.02 Å². The van der Waals surface area contributed by atoms with Gasteiger partial charge in [-0.25, -0.2) is 23.1 Å². The van der Waals surface area contributed by atoms with Crippen molar-refractivity contribution in [3.63, 3.8) is 0 Å². The zero-order valence-corrected chi connectivity index (χ0v) is 28.7. The maximum atomic E-state index is 11.7. The van der Waals surface area contributed by atoms with Crippen LogP contribution in [0.25, 0.3) is 11.3 Å². The molecule has 1 saturated heterocycles. The minimum absolute atomic E-state index is 0.0381. The number of hydrogen-bond donors (Lipinski definition) is 1. The minimum atomic E-state index is -3.10. The lowest BCUT2D eigenvalue weighted by molar-refractivity contribution is 0.00503. The molecule has 4 heterocycles. The first-order valence-electron chi connectivity index (χ1n) is 16.2. The standard InChI is InChI=1S/C31H41ClN10O5S/c1-22(19-41-21-34-38-39-41)47-29-18-23(4-9-26(29)32)27-10-11-33-31(35-27)36-28-20-42(37-30(28)46-14-3-17-48(2,43)44)25-7-5-24(6-8-25)40-12-15-45-16-13-40/h4,9-11,18,20-22,24-25H,3,5-8,12-17,19H2,1-2H3,(H,33,35,36)/t22-,24?,25?/m0/s1. The van der Waals surface area contributed by atoms with Crippen LogP contribution in [0.1, 0.15) is 45.1 Å². The van der Waals surface area contributed by atoms with Gasteiger partial charge < -0.3 is 19.5 Å². The lowest BCUT2D eigenvalue weighted by atomic mass is 9.90. The van der Waals surface area contributed by atoms with Gasteiger partial charge in [0.05, 0.1) is 55.1 Å². The van der Waals surface area contributed by atoms with Crippen molar-refractivity contribution in [2.24, 2.45) is 0 Å². The van der Waals surface area contributed by atoms with Crippen molar-refractivity contribution in [1.82, 2.24) is 44.9 Å². The van der Waals surface area contributed by atoms with Crippen molar-refractivity contribution in [3.05, 3.63) is 48.0 Å². The third-order valence-electron chi connectivity index (χ3n) is 8.49. The molecule has 1 saturated carbocycles. The number of benzene rings is 1. The summed E-state index contributed by atoms with van der Waals surface area (Å²) in [6.07, 6.45) is 10.6. The predicted molar refractivity (Wildman–Crippen MR) is 179 cm³/mol. The first-order valence-corrected chi connectivity index (χ1v) is 18.6. The zero-order valence-electron chi connectivity index (χ0n) is 27.1. The van der Waals surface area contributed by atoms with E-state index in [2.05, 4.69) is 30.7 Å². The summed E-state index contributed by atoms with van der Waals surface area (Å²) in [5, 5.41) is 19.8. The molecule has 3 aromatic heterocycles. The number of anilines is 2. The second kappa shape index (κ2) is 15.6. The number of halogens is 1. The Balaban J connectivity index is 1.16. The van der Waals surface area contributed by atoms with Gasteiger partial charge in [-0.2, -0.15) is 0 Å². The predicted octanol–water partition coefficient (Wildman–Crippen LogP) is 3.82. The summed E-state index contributed by atoms with van der Waals surface area (Å²) in [6, 6.07) is 8.07. The molecule has 1 aliphatic carbocycles. The van der Waals surface area contributed by atoms with Gasteiger partial charge in [0.15, 0.2) is 0 Å². The van der Waals surface area contributed by atoms with E-state index in [4.69, 9.17) is 35.9 Å². The molecule has 17 heteroatoms. The second-order valence-corrected chi connectivity index (χ2v) is 14.9. The SMILES string of the molecule is C[C@@H](Cn1cnnn1)Oc1cc(-c2ccnc(Nc3cn(C4CCC(N5CCOCC5)CC4)nc3OCCCS(C)(=O)=O)n2)ccc1Cl. The fraction of sp³-hybridized carbons (Fsp3) is 0.548. The number of sulfone groups is 1. The summed E-state index contributed by atoms with van der Waals surface area (Å²) in [6.45, 7) is 6.15. The third kappa shape index (κ3) is 9.18. The first-order chi connectivity index (χ1) is 23.2. The molecule has 1 N–H and O–H groups in total. The number of aromatic nitrogens is 8. The van der Waals surface area contributed by atoms with Gasteiger partial charge in [0, 0.05) is 37.1 Å². The van der Waals surface area contributed by atoms with Crippen molar-refractivity contribution in [1.29, 1.82) is 0 Å². The van der Waals surface area contributed by atoms with Crippen LogP contribution in [-0.4, -0.2) is 110 Å². The Bertz CT molecular complexity index is 1740. The summed E-state index contributed by atoms with van der Waals surface area (Å²) in [7, 11) is -3.10. The molecule has 1 atom stereocenters. The van der Waals surface area contributed by atoms with E-state index < -0.39 is 9.84 Å². The van der Waals surface area contributed by atoms with Gasteiger partial charge >= 0.3 is 0 Å². The zero-order chi connectivity index (χ0) is 33.5. The maximum Gasteiger partial charge on any atom is 0.256 e. The fourth-order valence-electron chi connectivity index (χ4n) is 6.11. The van der Waals surface area contributed by atoms with Crippen LogP contribution in [0.3, 0.4) is 0 Å². The van der Waals surface area contributed by atoms with Crippen LogP contribution >= 0.6 is 11.6 Å². The molecule has 4 aromatic rings. The number of hydrogen-bond acceptors (Lipinski definition) is 13. The van der Waals surface area contributed by atoms with Gasteiger partial charge in [-0.05, 0) is 67.7 Å². The molecule has 2 aliphatic rings. The van der Waals surface area contributed by atoms with E-state index in [-0.39, 0.29) is 24.5 Å². The van der Waals surface area contributed by atoms with Crippen LogP contribution in [-0.2, 0) is 21.1 Å². The van der Waals surface area contributed by atoms with Gasteiger partial charge in [-0.15, -0.1) is 10.2 Å². The highest BCUT2D eigenvalue weighted by Gasteiger charge is 2.29. The van der Waals surface area contributed by atoms with E-state index in [1.807, 2.05) is 36.0 Å². The number of tetrazole rings is 1. The smallest absolute Gasteiger partial charge is 0.256 e. The number of nitrogens with zero attached hydrogens (tertiary/aromatic N) is 9. The highest BCUT2D eigenvalue weighted by molar-refractivity contribution is 7.90. The lowest BCUT2D eigenvalue weighted by Gasteiger charge is -2.38. The lowest BCUT2D eigenvalue weighted by Crippen LogP contribution is -2.45. The quantitative estimate of drug-likeness (QED) is 0.189. The average molecular weight is 701 g/mol. The van der Waals surface area contributed by atoms with Crippen LogP contribution < -0.4 is 14.8 Å². The van der Waals surface area contributed by atoms with Gasteiger partial charge in [-0.1, -0.05) is 17.7 Å². The molecule has 258 valence electrons. The Hall–Kier alpha value is -3.86. The molecule has 0 bridgehead atoms. The Morgan fingerprint density at radius 2 is 1.92 bits per heavy atom. The van der Waals surface area contributed by atoms with E-state index in [1.165, 1.54) is 12.6 Å². The normalized spacial score (nSPS) is 19.6. The number of nitrogens with one attached hydrogen (secondary N) is 1. The molecular weight excluding hydrogens is 660 g/mol. The van der Waals surface area contributed by atoms with Crippen LogP contribution in [0, 0.1) is 0 Å².